The van der Waals surface area contributed by atoms with Gasteiger partial charge in [0.1, 0.15) is 23.4 Å². The van der Waals surface area contributed by atoms with E-state index in [-0.39, 0.29) is 5.97 Å². The first-order valence-electron chi connectivity index (χ1n) is 15.5. The first-order chi connectivity index (χ1) is 20.2. The number of esters is 1. The fourth-order valence-corrected chi connectivity index (χ4v) is 5.96. The minimum absolute atomic E-state index is 0.206. The van der Waals surface area contributed by atoms with Crippen LogP contribution in [-0.2, 0) is 24.2 Å². The third-order valence-electron chi connectivity index (χ3n) is 8.51. The van der Waals surface area contributed by atoms with Crippen molar-refractivity contribution < 1.29 is 19.0 Å². The number of hydrogen-bond donors (Lipinski definition) is 1. The Balaban J connectivity index is 1.32. The molecule has 0 bridgehead atoms. The molecule has 1 aliphatic heterocycles. The van der Waals surface area contributed by atoms with Crippen molar-refractivity contribution in [1.82, 2.24) is 5.32 Å². The topological polar surface area (TPSA) is 60.0 Å². The standard InChI is InChI=1S/C36H46N2O4/c1-6-38(24-25-7-12-29(13-8-25)41-30-17-19-37-20-18-30)34-23-31(40-5)15-16-33(34)28-10-9-27-22-32(14-11-26(27)21-28)42-35(39)36(2,3)4/h7-8,11-16,22-23,28,30,37H,6,9-10,17-21,24H2,1-5H3/t28-/m1/s1. The molecule has 5 rings (SSSR count). The average Bonchev–Trinajstić information content (AvgIpc) is 3.00. The number of rotatable bonds is 9. The molecule has 1 saturated heterocycles. The van der Waals surface area contributed by atoms with E-state index in [1.165, 1.54) is 27.9 Å². The van der Waals surface area contributed by atoms with E-state index in [1.807, 2.05) is 26.8 Å². The van der Waals surface area contributed by atoms with Gasteiger partial charge in [-0.2, -0.15) is 0 Å². The van der Waals surface area contributed by atoms with Crippen molar-refractivity contribution in [3.05, 3.63) is 82.9 Å². The van der Waals surface area contributed by atoms with Gasteiger partial charge in [0.25, 0.3) is 0 Å². The lowest BCUT2D eigenvalue weighted by Gasteiger charge is -2.32. The van der Waals surface area contributed by atoms with Crippen LogP contribution in [0.2, 0.25) is 0 Å². The molecule has 6 nitrogen and oxygen atoms in total. The number of hydrogen-bond acceptors (Lipinski definition) is 6. The number of carbonyl (C=O) groups is 1. The molecule has 3 aromatic rings. The predicted octanol–water partition coefficient (Wildman–Crippen LogP) is 7.08. The van der Waals surface area contributed by atoms with Gasteiger partial charge in [-0.15, -0.1) is 0 Å². The Morgan fingerprint density at radius 3 is 2.31 bits per heavy atom. The van der Waals surface area contributed by atoms with Crippen LogP contribution in [0.4, 0.5) is 5.69 Å². The molecule has 2 aliphatic rings. The fourth-order valence-electron chi connectivity index (χ4n) is 5.96. The van der Waals surface area contributed by atoms with E-state index in [1.54, 1.807) is 7.11 Å². The highest BCUT2D eigenvalue weighted by Gasteiger charge is 2.27. The van der Waals surface area contributed by atoms with E-state index in [2.05, 4.69) is 71.7 Å². The van der Waals surface area contributed by atoms with Crippen LogP contribution < -0.4 is 24.4 Å². The monoisotopic (exact) mass is 570 g/mol. The summed E-state index contributed by atoms with van der Waals surface area (Å²) in [5.74, 6) is 2.66. The lowest BCUT2D eigenvalue weighted by atomic mass is 9.79. The zero-order valence-corrected chi connectivity index (χ0v) is 25.9. The largest absolute Gasteiger partial charge is 0.497 e. The normalized spacial score (nSPS) is 17.3. The summed E-state index contributed by atoms with van der Waals surface area (Å²) < 4.78 is 17.6. The number of nitrogens with zero attached hydrogens (tertiary/aromatic N) is 1. The molecule has 1 fully saturated rings. The molecule has 224 valence electrons. The number of ether oxygens (including phenoxy) is 3. The van der Waals surface area contributed by atoms with Gasteiger partial charge in [-0.1, -0.05) is 24.3 Å². The second kappa shape index (κ2) is 13.2. The van der Waals surface area contributed by atoms with Gasteiger partial charge in [-0.25, -0.2) is 0 Å². The third kappa shape index (κ3) is 7.27. The summed E-state index contributed by atoms with van der Waals surface area (Å²) >= 11 is 0. The highest BCUT2D eigenvalue weighted by atomic mass is 16.5. The predicted molar refractivity (Wildman–Crippen MR) is 169 cm³/mol. The molecule has 0 saturated carbocycles. The Hall–Kier alpha value is -3.51. The van der Waals surface area contributed by atoms with Crippen LogP contribution in [0.15, 0.2) is 60.7 Å². The molecule has 0 amide bonds. The maximum Gasteiger partial charge on any atom is 0.316 e. The number of anilines is 1. The van der Waals surface area contributed by atoms with Gasteiger partial charge < -0.3 is 24.4 Å². The summed E-state index contributed by atoms with van der Waals surface area (Å²) in [6.45, 7) is 11.6. The quantitative estimate of drug-likeness (QED) is 0.219. The maximum atomic E-state index is 12.4. The Bertz CT molecular complexity index is 1360. The second-order valence-electron chi connectivity index (χ2n) is 12.7. The molecular weight excluding hydrogens is 524 g/mol. The molecule has 1 atom stereocenters. The van der Waals surface area contributed by atoms with Gasteiger partial charge in [0, 0.05) is 24.8 Å². The van der Waals surface area contributed by atoms with Gasteiger partial charge >= 0.3 is 5.97 Å². The lowest BCUT2D eigenvalue weighted by Crippen LogP contribution is -2.34. The van der Waals surface area contributed by atoms with Crippen LogP contribution in [0.3, 0.4) is 0 Å². The van der Waals surface area contributed by atoms with Crippen LogP contribution in [0.5, 0.6) is 17.2 Å². The van der Waals surface area contributed by atoms with E-state index >= 15 is 0 Å². The minimum Gasteiger partial charge on any atom is -0.497 e. The first kappa shape index (κ1) is 30.0. The second-order valence-corrected chi connectivity index (χ2v) is 12.7. The smallest absolute Gasteiger partial charge is 0.316 e. The molecule has 1 aliphatic carbocycles. The van der Waals surface area contributed by atoms with Crippen LogP contribution >= 0.6 is 0 Å². The number of nitrogens with one attached hydrogen (secondary N) is 1. The van der Waals surface area contributed by atoms with Crippen molar-refractivity contribution in [2.75, 3.05) is 31.6 Å². The van der Waals surface area contributed by atoms with Crippen molar-refractivity contribution in [3.63, 3.8) is 0 Å². The van der Waals surface area contributed by atoms with Gasteiger partial charge in [0.2, 0.25) is 0 Å². The number of methoxy groups -OCH3 is 1. The summed E-state index contributed by atoms with van der Waals surface area (Å²) in [5, 5.41) is 3.40. The zero-order chi connectivity index (χ0) is 29.7. The molecule has 0 aromatic heterocycles. The molecule has 0 radical (unpaired) electrons. The maximum absolute atomic E-state index is 12.4. The molecule has 1 N–H and O–H groups in total. The third-order valence-corrected chi connectivity index (χ3v) is 8.51. The summed E-state index contributed by atoms with van der Waals surface area (Å²) in [5.41, 5.74) is 5.93. The van der Waals surface area contributed by atoms with Crippen LogP contribution in [0, 0.1) is 5.41 Å². The van der Waals surface area contributed by atoms with E-state index in [9.17, 15) is 4.79 Å². The van der Waals surface area contributed by atoms with Crippen molar-refractivity contribution in [2.24, 2.45) is 5.41 Å². The van der Waals surface area contributed by atoms with Crippen molar-refractivity contribution in [3.8, 4) is 17.2 Å². The molecule has 0 unspecified atom stereocenters. The van der Waals surface area contributed by atoms with Crippen LogP contribution in [0.1, 0.15) is 75.1 Å². The number of benzene rings is 3. The molecular formula is C36H46N2O4. The highest BCUT2D eigenvalue weighted by Crippen LogP contribution is 2.40. The molecule has 6 heteroatoms. The Kier molecular flexibility index (Phi) is 9.42. The average molecular weight is 571 g/mol. The zero-order valence-electron chi connectivity index (χ0n) is 25.9. The van der Waals surface area contributed by atoms with Crippen molar-refractivity contribution in [2.45, 2.75) is 78.4 Å². The van der Waals surface area contributed by atoms with Crippen LogP contribution in [0.25, 0.3) is 0 Å². The number of fused-ring (bicyclic) bond motifs is 1. The Labute approximate surface area is 251 Å². The Morgan fingerprint density at radius 2 is 1.62 bits per heavy atom. The van der Waals surface area contributed by atoms with Gasteiger partial charge in [-0.05, 0) is 131 Å². The fraction of sp³-hybridized carbons (Fsp3) is 0.472. The van der Waals surface area contributed by atoms with Crippen molar-refractivity contribution in [1.29, 1.82) is 0 Å². The van der Waals surface area contributed by atoms with Gasteiger partial charge in [0.15, 0.2) is 0 Å². The number of aryl methyl sites for hydroxylation is 1. The van der Waals surface area contributed by atoms with E-state index < -0.39 is 5.41 Å². The van der Waals surface area contributed by atoms with E-state index in [4.69, 9.17) is 14.2 Å². The number of carbonyl (C=O) groups excluding carboxylic acids is 1. The van der Waals surface area contributed by atoms with Gasteiger partial charge in [-0.3, -0.25) is 4.79 Å². The Morgan fingerprint density at radius 1 is 0.905 bits per heavy atom. The summed E-state index contributed by atoms with van der Waals surface area (Å²) in [7, 11) is 1.73. The van der Waals surface area contributed by atoms with E-state index in [0.29, 0.717) is 17.8 Å². The molecule has 1 heterocycles. The van der Waals surface area contributed by atoms with E-state index in [0.717, 1.165) is 69.8 Å². The summed E-state index contributed by atoms with van der Waals surface area (Å²) in [6.07, 6.45) is 5.38. The summed E-state index contributed by atoms with van der Waals surface area (Å²) in [4.78, 5) is 14.9. The summed E-state index contributed by atoms with van der Waals surface area (Å²) in [6, 6.07) is 21.3. The SMILES string of the molecule is CCN(Cc1ccc(OC2CCNCC2)cc1)c1cc(OC)ccc1[C@@H]1CCc2cc(OC(=O)C(C)(C)C)ccc2C1. The van der Waals surface area contributed by atoms with Gasteiger partial charge in [0.05, 0.1) is 12.5 Å². The molecule has 42 heavy (non-hydrogen) atoms. The highest BCUT2D eigenvalue weighted by molar-refractivity contribution is 5.78. The lowest BCUT2D eigenvalue weighted by molar-refractivity contribution is -0.143. The first-order valence-corrected chi connectivity index (χ1v) is 15.5. The minimum atomic E-state index is -0.528. The molecule has 3 aromatic carbocycles. The molecule has 0 spiro atoms. The van der Waals surface area contributed by atoms with Crippen LogP contribution in [-0.4, -0.2) is 38.8 Å². The van der Waals surface area contributed by atoms with Crippen molar-refractivity contribution >= 4 is 11.7 Å². The number of piperidine rings is 1.